The lowest BCUT2D eigenvalue weighted by Crippen LogP contribution is -2.33. The summed E-state index contributed by atoms with van der Waals surface area (Å²) in [5.41, 5.74) is 6.43. The van der Waals surface area contributed by atoms with Crippen molar-refractivity contribution in [2.24, 2.45) is 5.92 Å². The van der Waals surface area contributed by atoms with Crippen molar-refractivity contribution in [3.05, 3.63) is 28.3 Å². The number of nitrogens with two attached hydrogens (primary N) is 1. The van der Waals surface area contributed by atoms with Gasteiger partial charge in [-0.1, -0.05) is 19.9 Å². The van der Waals surface area contributed by atoms with Gasteiger partial charge in [0.2, 0.25) is 0 Å². The lowest BCUT2D eigenvalue weighted by atomic mass is 10.0. The van der Waals surface area contributed by atoms with Gasteiger partial charge in [-0.3, -0.25) is 10.1 Å². The molecule has 0 bridgehead atoms. The van der Waals surface area contributed by atoms with E-state index in [1.807, 2.05) is 18.9 Å². The fraction of sp³-hybridized carbons (Fsp3) is 0.500. The molecule has 0 aliphatic rings. The average Bonchev–Trinajstić information content (AvgIpc) is 2.25. The van der Waals surface area contributed by atoms with Crippen LogP contribution in [0.3, 0.4) is 0 Å². The van der Waals surface area contributed by atoms with Crippen LogP contribution < -0.4 is 10.6 Å². The van der Waals surface area contributed by atoms with Crippen LogP contribution in [-0.2, 0) is 0 Å². The third-order valence-electron chi connectivity index (χ3n) is 3.18. The number of nitrogen functional groups attached to an aromatic ring is 1. The maximum Gasteiger partial charge on any atom is 0.315 e. The van der Waals surface area contributed by atoms with Crippen LogP contribution >= 0.6 is 0 Å². The van der Waals surface area contributed by atoms with Crippen LogP contribution in [0.15, 0.2) is 18.2 Å². The molecule has 1 aromatic carbocycles. The van der Waals surface area contributed by atoms with Gasteiger partial charge in [0, 0.05) is 13.1 Å². The molecule has 17 heavy (non-hydrogen) atoms. The zero-order chi connectivity index (χ0) is 13.2. The Kier molecular flexibility index (Phi) is 3.93. The van der Waals surface area contributed by atoms with Gasteiger partial charge in [-0.25, -0.2) is 0 Å². The third-order valence-corrected chi connectivity index (χ3v) is 3.18. The van der Waals surface area contributed by atoms with Gasteiger partial charge in [0.1, 0.15) is 11.4 Å². The van der Waals surface area contributed by atoms with E-state index in [-0.39, 0.29) is 17.4 Å². The first kappa shape index (κ1) is 13.3. The van der Waals surface area contributed by atoms with Crippen LogP contribution in [0.5, 0.6) is 0 Å². The molecule has 1 atom stereocenters. The van der Waals surface area contributed by atoms with Gasteiger partial charge in [0.05, 0.1) is 4.92 Å². The number of nitrogens with zero attached hydrogens (tertiary/aromatic N) is 2. The zero-order valence-electron chi connectivity index (χ0n) is 10.7. The minimum atomic E-state index is -0.422. The maximum atomic E-state index is 11.0. The van der Waals surface area contributed by atoms with E-state index < -0.39 is 4.92 Å². The van der Waals surface area contributed by atoms with Gasteiger partial charge < -0.3 is 10.6 Å². The van der Waals surface area contributed by atoms with Crippen molar-refractivity contribution < 1.29 is 4.92 Å². The molecule has 1 unspecified atom stereocenters. The first-order valence-electron chi connectivity index (χ1n) is 5.62. The smallest absolute Gasteiger partial charge is 0.315 e. The Hall–Kier alpha value is -1.78. The highest BCUT2D eigenvalue weighted by Gasteiger charge is 2.24. The lowest BCUT2D eigenvalue weighted by molar-refractivity contribution is -0.383. The number of nitro benzene ring substituents is 1. The van der Waals surface area contributed by atoms with Crippen LogP contribution in [0.2, 0.25) is 0 Å². The van der Waals surface area contributed by atoms with Gasteiger partial charge in [-0.2, -0.15) is 0 Å². The van der Waals surface area contributed by atoms with Gasteiger partial charge in [0.25, 0.3) is 0 Å². The molecule has 0 heterocycles. The molecule has 5 heteroatoms. The molecule has 0 aliphatic heterocycles. The van der Waals surface area contributed by atoms with E-state index in [9.17, 15) is 10.1 Å². The van der Waals surface area contributed by atoms with E-state index in [0.717, 1.165) is 0 Å². The second-order valence-corrected chi connectivity index (χ2v) is 4.57. The van der Waals surface area contributed by atoms with Crippen molar-refractivity contribution in [3.8, 4) is 0 Å². The molecular formula is C12H19N3O2. The first-order chi connectivity index (χ1) is 7.86. The van der Waals surface area contributed by atoms with E-state index in [0.29, 0.717) is 11.6 Å². The van der Waals surface area contributed by atoms with Crippen LogP contribution in [-0.4, -0.2) is 18.0 Å². The molecule has 0 amide bonds. The summed E-state index contributed by atoms with van der Waals surface area (Å²) >= 11 is 0. The Bertz CT molecular complexity index is 418. The fourth-order valence-corrected chi connectivity index (χ4v) is 1.70. The van der Waals surface area contributed by atoms with Gasteiger partial charge in [-0.15, -0.1) is 0 Å². The molecule has 0 saturated heterocycles. The highest BCUT2D eigenvalue weighted by atomic mass is 16.6. The molecule has 0 spiro atoms. The normalized spacial score (nSPS) is 12.5. The SMILES string of the molecule is CC(C)C(C)N(C)c1cccc(N)c1[N+](=O)[O-]. The molecule has 2 N–H and O–H groups in total. The number of anilines is 2. The van der Waals surface area contributed by atoms with Crippen molar-refractivity contribution in [1.29, 1.82) is 0 Å². The summed E-state index contributed by atoms with van der Waals surface area (Å²) in [5, 5.41) is 11.0. The fourth-order valence-electron chi connectivity index (χ4n) is 1.70. The molecule has 0 radical (unpaired) electrons. The Labute approximate surface area is 101 Å². The lowest BCUT2D eigenvalue weighted by Gasteiger charge is -2.29. The van der Waals surface area contributed by atoms with Gasteiger partial charge in [-0.05, 0) is 25.0 Å². The minimum absolute atomic E-state index is 0.0116. The number of hydrogen-bond acceptors (Lipinski definition) is 4. The number of benzene rings is 1. The van der Waals surface area contributed by atoms with Crippen molar-refractivity contribution >= 4 is 17.1 Å². The van der Waals surface area contributed by atoms with Gasteiger partial charge in [0.15, 0.2) is 0 Å². The molecule has 1 rings (SSSR count). The second-order valence-electron chi connectivity index (χ2n) is 4.57. The summed E-state index contributed by atoms with van der Waals surface area (Å²) < 4.78 is 0. The quantitative estimate of drug-likeness (QED) is 0.496. The summed E-state index contributed by atoms with van der Waals surface area (Å²) in [6.07, 6.45) is 0. The number of nitro groups is 1. The van der Waals surface area contributed by atoms with Crippen molar-refractivity contribution in [1.82, 2.24) is 0 Å². The van der Waals surface area contributed by atoms with E-state index in [1.165, 1.54) is 0 Å². The average molecular weight is 237 g/mol. The topological polar surface area (TPSA) is 72.4 Å². The van der Waals surface area contributed by atoms with Crippen LogP contribution in [0, 0.1) is 16.0 Å². The highest BCUT2D eigenvalue weighted by molar-refractivity contribution is 5.75. The van der Waals surface area contributed by atoms with Crippen molar-refractivity contribution in [2.75, 3.05) is 17.7 Å². The molecule has 1 aromatic rings. The van der Waals surface area contributed by atoms with E-state index >= 15 is 0 Å². The van der Waals surface area contributed by atoms with E-state index in [4.69, 9.17) is 5.73 Å². The molecular weight excluding hydrogens is 218 g/mol. The summed E-state index contributed by atoms with van der Waals surface area (Å²) in [5.74, 6) is 0.404. The van der Waals surface area contributed by atoms with E-state index in [2.05, 4.69) is 13.8 Å². The Balaban J connectivity index is 3.22. The summed E-state index contributed by atoms with van der Waals surface area (Å²) in [7, 11) is 1.85. The first-order valence-corrected chi connectivity index (χ1v) is 5.62. The highest BCUT2D eigenvalue weighted by Crippen LogP contribution is 2.34. The van der Waals surface area contributed by atoms with Crippen LogP contribution in [0.1, 0.15) is 20.8 Å². The summed E-state index contributed by atoms with van der Waals surface area (Å²) in [6.45, 7) is 6.20. The van der Waals surface area contributed by atoms with Crippen LogP contribution in [0.25, 0.3) is 0 Å². The maximum absolute atomic E-state index is 11.0. The van der Waals surface area contributed by atoms with Gasteiger partial charge >= 0.3 is 5.69 Å². The molecule has 0 saturated carbocycles. The van der Waals surface area contributed by atoms with E-state index in [1.54, 1.807) is 18.2 Å². The monoisotopic (exact) mass is 237 g/mol. The molecule has 0 aromatic heterocycles. The largest absolute Gasteiger partial charge is 0.393 e. The summed E-state index contributed by atoms with van der Waals surface area (Å²) in [6, 6.07) is 5.22. The standard InChI is InChI=1S/C12H19N3O2/c1-8(2)9(3)14(4)11-7-5-6-10(13)12(11)15(16)17/h5-9H,13H2,1-4H3. The Morgan fingerprint density at radius 2 is 1.94 bits per heavy atom. The number of para-hydroxylation sites is 1. The van der Waals surface area contributed by atoms with Crippen molar-refractivity contribution in [3.63, 3.8) is 0 Å². The number of rotatable bonds is 4. The predicted octanol–water partition coefficient (Wildman–Crippen LogP) is 2.66. The third kappa shape index (κ3) is 2.67. The zero-order valence-corrected chi connectivity index (χ0v) is 10.7. The Morgan fingerprint density at radius 1 is 1.35 bits per heavy atom. The Morgan fingerprint density at radius 3 is 2.41 bits per heavy atom. The molecule has 0 aliphatic carbocycles. The molecule has 94 valence electrons. The minimum Gasteiger partial charge on any atom is -0.393 e. The number of hydrogen-bond donors (Lipinski definition) is 1. The van der Waals surface area contributed by atoms with Crippen molar-refractivity contribution in [2.45, 2.75) is 26.8 Å². The van der Waals surface area contributed by atoms with Crippen LogP contribution in [0.4, 0.5) is 17.1 Å². The summed E-state index contributed by atoms with van der Waals surface area (Å²) in [4.78, 5) is 12.5. The predicted molar refractivity (Wildman–Crippen MR) is 70.2 cm³/mol. The molecule has 0 fully saturated rings. The second kappa shape index (κ2) is 5.03. The molecule has 5 nitrogen and oxygen atoms in total.